The molecule has 5 heteroatoms. The predicted molar refractivity (Wildman–Crippen MR) is 92.8 cm³/mol. The molecular formula is C17H22N2O2S. The Hall–Kier alpha value is -1.88. The number of likely N-dealkylation sites (tertiary alicyclic amines) is 1. The van der Waals surface area contributed by atoms with Crippen molar-refractivity contribution in [2.75, 3.05) is 20.2 Å². The summed E-state index contributed by atoms with van der Waals surface area (Å²) >= 11 is 5.32. The third-order valence-corrected chi connectivity index (χ3v) is 4.03. The Kier molecular flexibility index (Phi) is 6.40. The van der Waals surface area contributed by atoms with Gasteiger partial charge < -0.3 is 9.64 Å². The van der Waals surface area contributed by atoms with E-state index in [9.17, 15) is 4.79 Å². The van der Waals surface area contributed by atoms with Crippen LogP contribution in [-0.2, 0) is 4.79 Å². The molecule has 0 unspecified atom stereocenters. The van der Waals surface area contributed by atoms with Crippen molar-refractivity contribution in [3.63, 3.8) is 0 Å². The Morgan fingerprint density at radius 2 is 1.82 bits per heavy atom. The van der Waals surface area contributed by atoms with Gasteiger partial charge in [-0.3, -0.25) is 10.1 Å². The van der Waals surface area contributed by atoms with E-state index in [0.29, 0.717) is 5.11 Å². The third kappa shape index (κ3) is 5.15. The second-order valence-corrected chi connectivity index (χ2v) is 5.69. The van der Waals surface area contributed by atoms with Crippen molar-refractivity contribution in [2.45, 2.75) is 25.7 Å². The number of hydrogen-bond acceptors (Lipinski definition) is 3. The standard InChI is InChI=1S/C17H22N2O2S/c1-21-15-9-6-14(7-10-15)8-11-16(20)18-17(22)19-12-4-2-3-5-13-19/h6-11H,2-5,12-13H2,1H3,(H,18,20,22). The van der Waals surface area contributed by atoms with Gasteiger partial charge in [0, 0.05) is 19.2 Å². The van der Waals surface area contributed by atoms with E-state index in [0.717, 1.165) is 37.2 Å². The molecule has 1 heterocycles. The second-order valence-electron chi connectivity index (χ2n) is 5.30. The van der Waals surface area contributed by atoms with Gasteiger partial charge in [0.25, 0.3) is 0 Å². The number of ether oxygens (including phenoxy) is 1. The van der Waals surface area contributed by atoms with Gasteiger partial charge in [-0.15, -0.1) is 0 Å². The van der Waals surface area contributed by atoms with Crippen LogP contribution >= 0.6 is 12.2 Å². The van der Waals surface area contributed by atoms with Gasteiger partial charge in [-0.2, -0.15) is 0 Å². The molecule has 1 N–H and O–H groups in total. The maximum Gasteiger partial charge on any atom is 0.250 e. The van der Waals surface area contributed by atoms with Gasteiger partial charge in [-0.05, 0) is 48.8 Å². The summed E-state index contributed by atoms with van der Waals surface area (Å²) in [6, 6.07) is 7.52. The van der Waals surface area contributed by atoms with Crippen molar-refractivity contribution in [1.29, 1.82) is 0 Å². The number of nitrogens with one attached hydrogen (secondary N) is 1. The van der Waals surface area contributed by atoms with Gasteiger partial charge in [0.05, 0.1) is 7.11 Å². The molecule has 0 bridgehead atoms. The lowest BCUT2D eigenvalue weighted by Crippen LogP contribution is -2.42. The first-order valence-electron chi connectivity index (χ1n) is 7.61. The number of rotatable bonds is 3. The maximum absolute atomic E-state index is 11.9. The molecule has 4 nitrogen and oxygen atoms in total. The minimum atomic E-state index is -0.190. The zero-order valence-electron chi connectivity index (χ0n) is 12.9. The number of methoxy groups -OCH3 is 1. The first kappa shape index (κ1) is 16.5. The van der Waals surface area contributed by atoms with Crippen molar-refractivity contribution in [1.82, 2.24) is 10.2 Å². The Bertz CT molecular complexity index is 532. The molecule has 0 saturated carbocycles. The SMILES string of the molecule is COc1ccc(C=CC(=O)NC(=S)N2CCCCCC2)cc1. The van der Waals surface area contributed by atoms with E-state index < -0.39 is 0 Å². The minimum Gasteiger partial charge on any atom is -0.497 e. The van der Waals surface area contributed by atoms with Crippen LogP contribution in [0.2, 0.25) is 0 Å². The number of benzene rings is 1. The van der Waals surface area contributed by atoms with Crippen molar-refractivity contribution in [2.24, 2.45) is 0 Å². The Morgan fingerprint density at radius 1 is 1.18 bits per heavy atom. The molecule has 118 valence electrons. The highest BCUT2D eigenvalue weighted by molar-refractivity contribution is 7.80. The van der Waals surface area contributed by atoms with Crippen LogP contribution in [0.3, 0.4) is 0 Å². The topological polar surface area (TPSA) is 41.6 Å². The number of nitrogens with zero attached hydrogens (tertiary/aromatic N) is 1. The van der Waals surface area contributed by atoms with Gasteiger partial charge in [0.15, 0.2) is 5.11 Å². The number of carbonyl (C=O) groups excluding carboxylic acids is 1. The molecule has 0 aromatic heterocycles. The lowest BCUT2D eigenvalue weighted by atomic mass is 10.2. The zero-order chi connectivity index (χ0) is 15.8. The lowest BCUT2D eigenvalue weighted by molar-refractivity contribution is -0.115. The molecular weight excluding hydrogens is 296 g/mol. The molecule has 1 fully saturated rings. The van der Waals surface area contributed by atoms with Crippen LogP contribution in [0, 0.1) is 0 Å². The monoisotopic (exact) mass is 318 g/mol. The lowest BCUT2D eigenvalue weighted by Gasteiger charge is -2.22. The van der Waals surface area contributed by atoms with Crippen molar-refractivity contribution in [3.05, 3.63) is 35.9 Å². The summed E-state index contributed by atoms with van der Waals surface area (Å²) in [5.74, 6) is 0.606. The minimum absolute atomic E-state index is 0.190. The van der Waals surface area contributed by atoms with E-state index in [1.54, 1.807) is 13.2 Å². The summed E-state index contributed by atoms with van der Waals surface area (Å²) in [6.45, 7) is 1.86. The highest BCUT2D eigenvalue weighted by Crippen LogP contribution is 2.12. The fourth-order valence-electron chi connectivity index (χ4n) is 2.39. The van der Waals surface area contributed by atoms with Crippen molar-refractivity contribution in [3.8, 4) is 5.75 Å². The molecule has 1 aromatic carbocycles. The van der Waals surface area contributed by atoms with Gasteiger partial charge in [0.2, 0.25) is 5.91 Å². The summed E-state index contributed by atoms with van der Waals surface area (Å²) < 4.78 is 5.10. The summed E-state index contributed by atoms with van der Waals surface area (Å²) in [5.41, 5.74) is 0.941. The molecule has 1 aliphatic rings. The second kappa shape index (κ2) is 8.54. The van der Waals surface area contributed by atoms with Crippen LogP contribution in [0.5, 0.6) is 5.75 Å². The summed E-state index contributed by atoms with van der Waals surface area (Å²) in [5, 5.41) is 3.31. The summed E-state index contributed by atoms with van der Waals surface area (Å²) in [6.07, 6.45) is 8.02. The van der Waals surface area contributed by atoms with E-state index in [2.05, 4.69) is 10.2 Å². The number of amides is 1. The average molecular weight is 318 g/mol. The number of carbonyl (C=O) groups is 1. The van der Waals surface area contributed by atoms with Crippen LogP contribution in [0.25, 0.3) is 6.08 Å². The quantitative estimate of drug-likeness (QED) is 0.687. The molecule has 0 atom stereocenters. The Morgan fingerprint density at radius 3 is 2.41 bits per heavy atom. The average Bonchev–Trinajstić information content (AvgIpc) is 2.82. The van der Waals surface area contributed by atoms with Crippen molar-refractivity contribution < 1.29 is 9.53 Å². The van der Waals surface area contributed by atoms with Crippen LogP contribution in [-0.4, -0.2) is 36.1 Å². The molecule has 0 spiro atoms. The predicted octanol–water partition coefficient (Wildman–Crippen LogP) is 2.99. The summed E-state index contributed by atoms with van der Waals surface area (Å²) in [7, 11) is 1.63. The first-order valence-corrected chi connectivity index (χ1v) is 8.02. The zero-order valence-corrected chi connectivity index (χ0v) is 13.7. The van der Waals surface area contributed by atoms with Crippen LogP contribution in [0.15, 0.2) is 30.3 Å². The Labute approximate surface area is 137 Å². The van der Waals surface area contributed by atoms with Crippen LogP contribution in [0.1, 0.15) is 31.2 Å². The third-order valence-electron chi connectivity index (χ3n) is 3.67. The van der Waals surface area contributed by atoms with Gasteiger partial charge >= 0.3 is 0 Å². The van der Waals surface area contributed by atoms with E-state index in [1.165, 1.54) is 18.9 Å². The van der Waals surface area contributed by atoms with E-state index in [4.69, 9.17) is 17.0 Å². The fourth-order valence-corrected chi connectivity index (χ4v) is 2.67. The normalized spacial score (nSPS) is 15.4. The smallest absolute Gasteiger partial charge is 0.250 e. The summed E-state index contributed by atoms with van der Waals surface area (Å²) in [4.78, 5) is 14.0. The highest BCUT2D eigenvalue weighted by atomic mass is 32.1. The molecule has 1 saturated heterocycles. The van der Waals surface area contributed by atoms with Gasteiger partial charge in [0.1, 0.15) is 5.75 Å². The Balaban J connectivity index is 1.85. The number of hydrogen-bond donors (Lipinski definition) is 1. The number of thiocarbonyl (C=S) groups is 1. The molecule has 1 aliphatic heterocycles. The van der Waals surface area contributed by atoms with E-state index in [1.807, 2.05) is 24.3 Å². The molecule has 1 aromatic rings. The largest absolute Gasteiger partial charge is 0.497 e. The highest BCUT2D eigenvalue weighted by Gasteiger charge is 2.13. The molecule has 22 heavy (non-hydrogen) atoms. The molecule has 1 amide bonds. The molecule has 2 rings (SSSR count). The van der Waals surface area contributed by atoms with E-state index in [-0.39, 0.29) is 5.91 Å². The van der Waals surface area contributed by atoms with Gasteiger partial charge in [-0.1, -0.05) is 25.0 Å². The molecule has 0 radical (unpaired) electrons. The first-order chi connectivity index (χ1) is 10.7. The van der Waals surface area contributed by atoms with Crippen molar-refractivity contribution >= 4 is 29.3 Å². The molecule has 0 aliphatic carbocycles. The fraction of sp³-hybridized carbons (Fsp3) is 0.412. The van der Waals surface area contributed by atoms with Gasteiger partial charge in [-0.25, -0.2) is 0 Å². The van der Waals surface area contributed by atoms with Crippen LogP contribution < -0.4 is 10.1 Å². The van der Waals surface area contributed by atoms with E-state index >= 15 is 0 Å². The maximum atomic E-state index is 11.9. The van der Waals surface area contributed by atoms with Crippen LogP contribution in [0.4, 0.5) is 0 Å².